The van der Waals surface area contributed by atoms with Crippen molar-refractivity contribution in [2.75, 3.05) is 22.5 Å². The van der Waals surface area contributed by atoms with Gasteiger partial charge in [-0.1, -0.05) is 18.2 Å². The summed E-state index contributed by atoms with van der Waals surface area (Å²) in [5.74, 6) is -1.49. The monoisotopic (exact) mass is 445 g/mol. The molecule has 2 N–H and O–H groups in total. The molecule has 6 nitrogen and oxygen atoms in total. The second kappa shape index (κ2) is 9.05. The van der Waals surface area contributed by atoms with Gasteiger partial charge in [-0.05, 0) is 42.7 Å². The Morgan fingerprint density at radius 2 is 1.97 bits per heavy atom. The van der Waals surface area contributed by atoms with Crippen molar-refractivity contribution in [1.82, 2.24) is 5.32 Å². The van der Waals surface area contributed by atoms with Crippen molar-refractivity contribution in [3.63, 3.8) is 0 Å². The van der Waals surface area contributed by atoms with Gasteiger partial charge in [0.2, 0.25) is 17.7 Å². The zero-order valence-electron chi connectivity index (χ0n) is 16.6. The zero-order chi connectivity index (χ0) is 22.0. The van der Waals surface area contributed by atoms with Gasteiger partial charge in [0.25, 0.3) is 0 Å². The molecule has 9 heteroatoms. The molecule has 2 atom stereocenters. The van der Waals surface area contributed by atoms with E-state index in [9.17, 15) is 23.2 Å². The number of benzene rings is 2. The number of carbonyl (C=O) groups excluding carboxylic acids is 3. The van der Waals surface area contributed by atoms with Gasteiger partial charge in [-0.2, -0.15) is 0 Å². The van der Waals surface area contributed by atoms with E-state index in [2.05, 4.69) is 10.6 Å². The molecule has 0 saturated carbocycles. The van der Waals surface area contributed by atoms with Crippen LogP contribution in [0, 0.1) is 11.6 Å². The lowest BCUT2D eigenvalue weighted by Crippen LogP contribution is -2.52. The van der Waals surface area contributed by atoms with Crippen molar-refractivity contribution in [2.24, 2.45) is 0 Å². The van der Waals surface area contributed by atoms with Crippen molar-refractivity contribution in [2.45, 2.75) is 30.6 Å². The third-order valence-electron chi connectivity index (χ3n) is 5.33. The van der Waals surface area contributed by atoms with Crippen LogP contribution in [-0.2, 0) is 20.8 Å². The Balaban J connectivity index is 1.38. The number of anilines is 2. The van der Waals surface area contributed by atoms with Crippen LogP contribution in [0.3, 0.4) is 0 Å². The lowest BCUT2D eigenvalue weighted by Gasteiger charge is -2.28. The summed E-state index contributed by atoms with van der Waals surface area (Å²) in [6.45, 7) is 0.436. The van der Waals surface area contributed by atoms with Gasteiger partial charge in [-0.3, -0.25) is 14.4 Å². The third-order valence-corrected chi connectivity index (χ3v) is 6.64. The second-order valence-electron chi connectivity index (χ2n) is 7.48. The van der Waals surface area contributed by atoms with Crippen molar-refractivity contribution >= 4 is 40.9 Å². The maximum Gasteiger partial charge on any atom is 0.247 e. The van der Waals surface area contributed by atoms with Crippen molar-refractivity contribution in [1.29, 1.82) is 0 Å². The Kier molecular flexibility index (Phi) is 6.22. The minimum absolute atomic E-state index is 0.132. The summed E-state index contributed by atoms with van der Waals surface area (Å²) in [5.41, 5.74) is 0.925. The average Bonchev–Trinajstić information content (AvgIpc) is 3.18. The molecule has 3 amide bonds. The molecule has 0 radical (unpaired) electrons. The van der Waals surface area contributed by atoms with Crippen LogP contribution in [0.25, 0.3) is 0 Å². The summed E-state index contributed by atoms with van der Waals surface area (Å²) in [5, 5.41) is 4.88. The second-order valence-corrected chi connectivity index (χ2v) is 8.72. The van der Waals surface area contributed by atoms with E-state index in [0.29, 0.717) is 36.4 Å². The van der Waals surface area contributed by atoms with Crippen LogP contribution < -0.4 is 15.5 Å². The Labute approximate surface area is 182 Å². The SMILES string of the molecule is O=C(Nc1ccc(F)c(N2CCCC2=O)c1)[C@H]1CS[C@H](Cc2ccccc2F)C(=O)N1. The summed E-state index contributed by atoms with van der Waals surface area (Å²) in [4.78, 5) is 38.4. The first-order valence-electron chi connectivity index (χ1n) is 9.98. The third kappa shape index (κ3) is 4.71. The number of nitrogens with one attached hydrogen (secondary N) is 2. The molecule has 162 valence electrons. The molecule has 0 aliphatic carbocycles. The van der Waals surface area contributed by atoms with Crippen LogP contribution in [0.1, 0.15) is 18.4 Å². The van der Waals surface area contributed by atoms with Gasteiger partial charge < -0.3 is 15.5 Å². The molecule has 2 aromatic rings. The molecule has 0 unspecified atom stereocenters. The molecule has 31 heavy (non-hydrogen) atoms. The number of halogens is 2. The van der Waals surface area contributed by atoms with Gasteiger partial charge in [-0.25, -0.2) is 8.78 Å². The predicted octanol–water partition coefficient (Wildman–Crippen LogP) is 2.87. The summed E-state index contributed by atoms with van der Waals surface area (Å²) in [6.07, 6.45) is 1.27. The van der Waals surface area contributed by atoms with Crippen LogP contribution in [0.5, 0.6) is 0 Å². The highest BCUT2D eigenvalue weighted by molar-refractivity contribution is 8.00. The van der Waals surface area contributed by atoms with E-state index in [1.807, 2.05) is 0 Å². The molecule has 2 heterocycles. The molecule has 2 saturated heterocycles. The first-order valence-corrected chi connectivity index (χ1v) is 11.0. The fraction of sp³-hybridized carbons (Fsp3) is 0.318. The van der Waals surface area contributed by atoms with E-state index in [-0.39, 0.29) is 29.7 Å². The highest BCUT2D eigenvalue weighted by atomic mass is 32.2. The van der Waals surface area contributed by atoms with E-state index in [1.165, 1.54) is 40.9 Å². The van der Waals surface area contributed by atoms with Crippen LogP contribution in [-0.4, -0.2) is 41.3 Å². The van der Waals surface area contributed by atoms with E-state index in [0.717, 1.165) is 0 Å². The Hall–Kier alpha value is -2.94. The molecule has 0 spiro atoms. The molecule has 0 bridgehead atoms. The van der Waals surface area contributed by atoms with Crippen LogP contribution >= 0.6 is 11.8 Å². The standard InChI is InChI=1S/C22H21F2N3O3S/c23-15-5-2-1-4-13(15)10-19-22(30)26-17(12-31-19)21(29)25-14-7-8-16(24)18(11-14)27-9-3-6-20(27)28/h1-2,4-5,7-8,11,17,19H,3,6,9-10,12H2,(H,25,29)(H,26,30)/t17-,19-/m1/s1. The first kappa shape index (κ1) is 21.3. The molecular formula is C22H21F2N3O3S. The van der Waals surface area contributed by atoms with E-state index in [4.69, 9.17) is 0 Å². The largest absolute Gasteiger partial charge is 0.343 e. The number of rotatable bonds is 5. The molecule has 2 aliphatic rings. The van der Waals surface area contributed by atoms with Gasteiger partial charge in [0.1, 0.15) is 17.7 Å². The number of nitrogens with zero attached hydrogens (tertiary/aromatic N) is 1. The normalized spacial score (nSPS) is 21.2. The van der Waals surface area contributed by atoms with Gasteiger partial charge in [0.05, 0.1) is 10.9 Å². The zero-order valence-corrected chi connectivity index (χ0v) is 17.4. The number of thioether (sulfide) groups is 1. The van der Waals surface area contributed by atoms with Crippen LogP contribution in [0.4, 0.5) is 20.2 Å². The van der Waals surface area contributed by atoms with E-state index >= 15 is 0 Å². The van der Waals surface area contributed by atoms with Crippen molar-refractivity contribution in [3.8, 4) is 0 Å². The Morgan fingerprint density at radius 1 is 1.16 bits per heavy atom. The van der Waals surface area contributed by atoms with Gasteiger partial charge in [0, 0.05) is 24.4 Å². The maximum atomic E-state index is 14.2. The lowest BCUT2D eigenvalue weighted by molar-refractivity contribution is -0.126. The highest BCUT2D eigenvalue weighted by Crippen LogP contribution is 2.28. The van der Waals surface area contributed by atoms with E-state index in [1.54, 1.807) is 18.2 Å². The van der Waals surface area contributed by atoms with Gasteiger partial charge in [-0.15, -0.1) is 11.8 Å². The average molecular weight is 445 g/mol. The minimum atomic E-state index is -0.767. The van der Waals surface area contributed by atoms with Crippen LogP contribution in [0.15, 0.2) is 42.5 Å². The summed E-state index contributed by atoms with van der Waals surface area (Å²) in [7, 11) is 0. The Bertz CT molecular complexity index is 1030. The maximum absolute atomic E-state index is 14.2. The fourth-order valence-electron chi connectivity index (χ4n) is 3.68. The minimum Gasteiger partial charge on any atom is -0.343 e. The lowest BCUT2D eigenvalue weighted by atomic mass is 10.1. The predicted molar refractivity (Wildman–Crippen MR) is 115 cm³/mol. The number of hydrogen-bond donors (Lipinski definition) is 2. The van der Waals surface area contributed by atoms with Gasteiger partial charge in [0.15, 0.2) is 0 Å². The number of hydrogen-bond acceptors (Lipinski definition) is 4. The highest BCUT2D eigenvalue weighted by Gasteiger charge is 2.33. The fourth-order valence-corrected chi connectivity index (χ4v) is 4.86. The van der Waals surface area contributed by atoms with Crippen molar-refractivity contribution in [3.05, 3.63) is 59.7 Å². The topological polar surface area (TPSA) is 78.5 Å². The van der Waals surface area contributed by atoms with Crippen molar-refractivity contribution < 1.29 is 23.2 Å². The number of carbonyl (C=O) groups is 3. The quantitative estimate of drug-likeness (QED) is 0.742. The molecule has 2 aromatic carbocycles. The first-order chi connectivity index (χ1) is 14.9. The van der Waals surface area contributed by atoms with Crippen LogP contribution in [0.2, 0.25) is 0 Å². The van der Waals surface area contributed by atoms with Gasteiger partial charge >= 0.3 is 0 Å². The molecule has 2 fully saturated rings. The number of amides is 3. The van der Waals surface area contributed by atoms with E-state index < -0.39 is 23.0 Å². The molecule has 0 aromatic heterocycles. The molecular weight excluding hydrogens is 424 g/mol. The smallest absolute Gasteiger partial charge is 0.247 e. The molecule has 4 rings (SSSR count). The Morgan fingerprint density at radius 3 is 2.68 bits per heavy atom. The summed E-state index contributed by atoms with van der Waals surface area (Å²) < 4.78 is 28.1. The summed E-state index contributed by atoms with van der Waals surface area (Å²) >= 11 is 1.30. The molecule has 2 aliphatic heterocycles. The summed E-state index contributed by atoms with van der Waals surface area (Å²) in [6, 6.07) is 9.57.